The largest absolute Gasteiger partial charge is 0.480 e. The molecule has 0 amide bonds. The summed E-state index contributed by atoms with van der Waals surface area (Å²) in [6, 6.07) is 9.42. The lowest BCUT2D eigenvalue weighted by atomic mass is 10.1. The third kappa shape index (κ3) is 6.29. The molecule has 1 aromatic rings. The average Bonchev–Trinajstić information content (AvgIpc) is 2.30. The normalized spacial score (nSPS) is 11.6. The first-order valence-corrected chi connectivity index (χ1v) is 5.74. The van der Waals surface area contributed by atoms with E-state index < -0.39 is 12.0 Å². The van der Waals surface area contributed by atoms with Gasteiger partial charge in [-0.15, -0.1) is 12.4 Å². The number of halogens is 1. The van der Waals surface area contributed by atoms with E-state index in [9.17, 15) is 4.79 Å². The van der Waals surface area contributed by atoms with Gasteiger partial charge in [0.25, 0.3) is 0 Å². The molecule has 0 spiro atoms. The molecule has 0 aliphatic rings. The average molecular weight is 258 g/mol. The summed E-state index contributed by atoms with van der Waals surface area (Å²) in [6.07, 6.45) is 2.66. The first-order chi connectivity index (χ1) is 7.74. The minimum Gasteiger partial charge on any atom is -0.480 e. The molecule has 1 rings (SSSR count). The molecule has 0 unspecified atom stereocenters. The van der Waals surface area contributed by atoms with Gasteiger partial charge in [0.1, 0.15) is 6.04 Å². The third-order valence-corrected chi connectivity index (χ3v) is 2.54. The molecule has 2 N–H and O–H groups in total. The van der Waals surface area contributed by atoms with Crippen LogP contribution in [-0.4, -0.2) is 17.1 Å². The van der Waals surface area contributed by atoms with Crippen molar-refractivity contribution in [1.29, 1.82) is 0 Å². The van der Waals surface area contributed by atoms with Crippen molar-refractivity contribution in [3.63, 3.8) is 0 Å². The van der Waals surface area contributed by atoms with Crippen LogP contribution in [0.2, 0.25) is 0 Å². The second-order valence-electron chi connectivity index (χ2n) is 3.90. The number of rotatable bonds is 7. The van der Waals surface area contributed by atoms with Crippen molar-refractivity contribution in [2.24, 2.45) is 0 Å². The van der Waals surface area contributed by atoms with Gasteiger partial charge in [0.2, 0.25) is 0 Å². The Hall–Kier alpha value is -1.06. The number of aliphatic carboxylic acids is 1. The SMILES string of the molecule is CCCC[C@H](NCc1ccccc1)C(=O)O.Cl. The van der Waals surface area contributed by atoms with Gasteiger partial charge >= 0.3 is 5.97 Å². The molecule has 0 aliphatic carbocycles. The molecule has 4 heteroatoms. The smallest absolute Gasteiger partial charge is 0.320 e. The fraction of sp³-hybridized carbons (Fsp3) is 0.462. The van der Waals surface area contributed by atoms with Crippen LogP contribution in [-0.2, 0) is 11.3 Å². The van der Waals surface area contributed by atoms with E-state index >= 15 is 0 Å². The van der Waals surface area contributed by atoms with E-state index in [4.69, 9.17) is 5.11 Å². The predicted octanol–water partition coefficient (Wildman–Crippen LogP) is 2.84. The van der Waals surface area contributed by atoms with Crippen LogP contribution < -0.4 is 5.32 Å². The minimum absolute atomic E-state index is 0. The second kappa shape index (κ2) is 9.02. The maximum absolute atomic E-state index is 11.0. The van der Waals surface area contributed by atoms with Crippen molar-refractivity contribution in [3.05, 3.63) is 35.9 Å². The Morgan fingerprint density at radius 2 is 2.00 bits per heavy atom. The molecule has 0 fully saturated rings. The van der Waals surface area contributed by atoms with Crippen LogP contribution in [0.25, 0.3) is 0 Å². The van der Waals surface area contributed by atoms with Gasteiger partial charge < -0.3 is 10.4 Å². The van der Waals surface area contributed by atoms with Gasteiger partial charge in [0, 0.05) is 6.54 Å². The zero-order valence-electron chi connectivity index (χ0n) is 10.1. The van der Waals surface area contributed by atoms with Crippen molar-refractivity contribution in [1.82, 2.24) is 5.32 Å². The zero-order valence-corrected chi connectivity index (χ0v) is 10.9. The Balaban J connectivity index is 0.00000256. The van der Waals surface area contributed by atoms with Crippen LogP contribution in [0.3, 0.4) is 0 Å². The molecule has 1 atom stereocenters. The van der Waals surface area contributed by atoms with E-state index in [2.05, 4.69) is 12.2 Å². The monoisotopic (exact) mass is 257 g/mol. The summed E-state index contributed by atoms with van der Waals surface area (Å²) in [7, 11) is 0. The highest BCUT2D eigenvalue weighted by Gasteiger charge is 2.15. The van der Waals surface area contributed by atoms with Crippen molar-refractivity contribution in [3.8, 4) is 0 Å². The Kier molecular flexibility index (Phi) is 8.46. The van der Waals surface area contributed by atoms with E-state index in [1.807, 2.05) is 30.3 Å². The van der Waals surface area contributed by atoms with Crippen LogP contribution in [0.15, 0.2) is 30.3 Å². The van der Waals surface area contributed by atoms with Gasteiger partial charge in [-0.2, -0.15) is 0 Å². The quantitative estimate of drug-likeness (QED) is 0.790. The molecule has 0 aliphatic heterocycles. The number of carboxylic acids is 1. The van der Waals surface area contributed by atoms with Crippen molar-refractivity contribution in [2.45, 2.75) is 38.8 Å². The van der Waals surface area contributed by atoms with Gasteiger partial charge in [0.05, 0.1) is 0 Å². The van der Waals surface area contributed by atoms with Crippen LogP contribution in [0, 0.1) is 0 Å². The number of hydrogen-bond acceptors (Lipinski definition) is 2. The molecular formula is C13H20ClNO2. The second-order valence-corrected chi connectivity index (χ2v) is 3.90. The maximum atomic E-state index is 11.0. The Labute approximate surface area is 109 Å². The van der Waals surface area contributed by atoms with Crippen LogP contribution in [0.1, 0.15) is 31.7 Å². The van der Waals surface area contributed by atoms with E-state index in [-0.39, 0.29) is 12.4 Å². The summed E-state index contributed by atoms with van der Waals surface area (Å²) in [4.78, 5) is 11.0. The zero-order chi connectivity index (χ0) is 11.8. The first kappa shape index (κ1) is 15.9. The number of carbonyl (C=O) groups is 1. The fourth-order valence-electron chi connectivity index (χ4n) is 1.56. The van der Waals surface area contributed by atoms with Gasteiger partial charge in [-0.25, -0.2) is 0 Å². The minimum atomic E-state index is -0.760. The highest BCUT2D eigenvalue weighted by molar-refractivity contribution is 5.85. The number of carboxylic acid groups (broad SMARTS) is 1. The molecule has 0 saturated heterocycles. The van der Waals surface area contributed by atoms with Crippen molar-refractivity contribution < 1.29 is 9.90 Å². The molecule has 0 bridgehead atoms. The lowest BCUT2D eigenvalue weighted by Crippen LogP contribution is -2.36. The lowest BCUT2D eigenvalue weighted by molar-refractivity contribution is -0.139. The van der Waals surface area contributed by atoms with Gasteiger partial charge in [-0.05, 0) is 12.0 Å². The maximum Gasteiger partial charge on any atom is 0.320 e. The highest BCUT2D eigenvalue weighted by Crippen LogP contribution is 2.03. The Morgan fingerprint density at radius 3 is 2.53 bits per heavy atom. The van der Waals surface area contributed by atoms with E-state index in [0.717, 1.165) is 18.4 Å². The lowest BCUT2D eigenvalue weighted by Gasteiger charge is -2.13. The Bertz CT molecular complexity index is 316. The highest BCUT2D eigenvalue weighted by atomic mass is 35.5. The van der Waals surface area contributed by atoms with Crippen LogP contribution in [0.4, 0.5) is 0 Å². The number of hydrogen-bond donors (Lipinski definition) is 2. The van der Waals surface area contributed by atoms with Crippen LogP contribution in [0.5, 0.6) is 0 Å². The van der Waals surface area contributed by atoms with Crippen molar-refractivity contribution >= 4 is 18.4 Å². The van der Waals surface area contributed by atoms with Crippen molar-refractivity contribution in [2.75, 3.05) is 0 Å². The summed E-state index contributed by atoms with van der Waals surface area (Å²) >= 11 is 0. The topological polar surface area (TPSA) is 49.3 Å². The number of benzene rings is 1. The number of unbranched alkanes of at least 4 members (excludes halogenated alkanes) is 1. The summed E-state index contributed by atoms with van der Waals surface area (Å²) in [5.74, 6) is -0.760. The standard InChI is InChI=1S/C13H19NO2.ClH/c1-2-3-9-12(13(15)16)14-10-11-7-5-4-6-8-11;/h4-8,12,14H,2-3,9-10H2,1H3,(H,15,16);1H/t12-;/m0./s1. The Morgan fingerprint density at radius 1 is 1.35 bits per heavy atom. The summed E-state index contributed by atoms with van der Waals surface area (Å²) < 4.78 is 0. The molecule has 0 radical (unpaired) electrons. The molecule has 0 saturated carbocycles. The molecule has 3 nitrogen and oxygen atoms in total. The van der Waals surface area contributed by atoms with Gasteiger partial charge in [-0.1, -0.05) is 50.1 Å². The van der Waals surface area contributed by atoms with E-state index in [0.29, 0.717) is 13.0 Å². The molecule has 17 heavy (non-hydrogen) atoms. The van der Waals surface area contributed by atoms with E-state index in [1.165, 1.54) is 0 Å². The third-order valence-electron chi connectivity index (χ3n) is 2.54. The molecule has 96 valence electrons. The molecule has 0 heterocycles. The summed E-state index contributed by atoms with van der Waals surface area (Å²) in [5.41, 5.74) is 1.12. The fourth-order valence-corrected chi connectivity index (χ4v) is 1.56. The summed E-state index contributed by atoms with van der Waals surface area (Å²) in [5, 5.41) is 12.1. The van der Waals surface area contributed by atoms with E-state index in [1.54, 1.807) is 0 Å². The molecular weight excluding hydrogens is 238 g/mol. The van der Waals surface area contributed by atoms with Gasteiger partial charge in [0.15, 0.2) is 0 Å². The van der Waals surface area contributed by atoms with Crippen LogP contribution >= 0.6 is 12.4 Å². The van der Waals surface area contributed by atoms with Gasteiger partial charge in [-0.3, -0.25) is 4.79 Å². The number of nitrogens with one attached hydrogen (secondary N) is 1. The predicted molar refractivity (Wildman–Crippen MR) is 71.5 cm³/mol. The molecule has 0 aromatic heterocycles. The summed E-state index contributed by atoms with van der Waals surface area (Å²) in [6.45, 7) is 2.68. The molecule has 1 aromatic carbocycles. The first-order valence-electron chi connectivity index (χ1n) is 5.74.